The minimum Gasteiger partial charge on any atom is -0.504 e. The highest BCUT2D eigenvalue weighted by Crippen LogP contribution is 2.31. The van der Waals surface area contributed by atoms with E-state index < -0.39 is 0 Å². The molecule has 1 N–H and O–H groups in total. The molecule has 3 rings (SSSR count). The number of phenols is 1. The van der Waals surface area contributed by atoms with Gasteiger partial charge in [0, 0.05) is 12.0 Å². The molecule has 2 aromatic rings. The van der Waals surface area contributed by atoms with Crippen LogP contribution in [0.4, 0.5) is 0 Å². The highest BCUT2D eigenvalue weighted by Gasteiger charge is 2.13. The van der Waals surface area contributed by atoms with E-state index in [0.717, 1.165) is 6.42 Å². The van der Waals surface area contributed by atoms with Crippen molar-refractivity contribution in [2.24, 2.45) is 0 Å². The second kappa shape index (κ2) is 7.08. The number of carbonyl (C=O) groups excluding carboxylic acids is 1. The molecule has 1 aliphatic heterocycles. The molecule has 5 heteroatoms. The summed E-state index contributed by atoms with van der Waals surface area (Å²) in [6.07, 6.45) is 3.92. The summed E-state index contributed by atoms with van der Waals surface area (Å²) in [6.45, 7) is 1.19. The lowest BCUT2D eigenvalue weighted by Gasteiger charge is -2.07. The summed E-state index contributed by atoms with van der Waals surface area (Å²) in [6, 6.07) is 10.1. The van der Waals surface area contributed by atoms with Crippen LogP contribution in [0.3, 0.4) is 0 Å². The maximum Gasteiger partial charge on any atom is 0.185 e. The SMILES string of the molecule is COc1ccc(C=CC(=O)c2ccc3c(c2)OCCCO3)cc1O. The van der Waals surface area contributed by atoms with Crippen molar-refractivity contribution in [3.05, 3.63) is 53.6 Å². The van der Waals surface area contributed by atoms with E-state index in [1.54, 1.807) is 36.4 Å². The number of rotatable bonds is 4. The molecule has 0 spiro atoms. The van der Waals surface area contributed by atoms with Crippen LogP contribution in [-0.2, 0) is 0 Å². The first-order valence-electron chi connectivity index (χ1n) is 7.66. The Hall–Kier alpha value is -2.95. The molecule has 0 aliphatic carbocycles. The molecule has 124 valence electrons. The molecule has 0 radical (unpaired) electrons. The second-order valence-corrected chi connectivity index (χ2v) is 5.34. The van der Waals surface area contributed by atoms with Gasteiger partial charge in [0.1, 0.15) is 0 Å². The number of fused-ring (bicyclic) bond motifs is 1. The number of aromatic hydroxyl groups is 1. The zero-order valence-electron chi connectivity index (χ0n) is 13.3. The summed E-state index contributed by atoms with van der Waals surface area (Å²) in [7, 11) is 1.48. The summed E-state index contributed by atoms with van der Waals surface area (Å²) in [5, 5.41) is 9.76. The van der Waals surface area contributed by atoms with Gasteiger partial charge in [-0.15, -0.1) is 0 Å². The van der Waals surface area contributed by atoms with Gasteiger partial charge in [-0.1, -0.05) is 12.1 Å². The third-order valence-electron chi connectivity index (χ3n) is 3.66. The normalized spacial score (nSPS) is 13.5. The number of hydrogen-bond acceptors (Lipinski definition) is 5. The lowest BCUT2D eigenvalue weighted by Crippen LogP contribution is -1.98. The van der Waals surface area contributed by atoms with Crippen molar-refractivity contribution < 1.29 is 24.1 Å². The molecule has 24 heavy (non-hydrogen) atoms. The zero-order valence-corrected chi connectivity index (χ0v) is 13.3. The third-order valence-corrected chi connectivity index (χ3v) is 3.66. The van der Waals surface area contributed by atoms with Gasteiger partial charge in [-0.2, -0.15) is 0 Å². The lowest BCUT2D eigenvalue weighted by atomic mass is 10.1. The number of methoxy groups -OCH3 is 1. The Morgan fingerprint density at radius 1 is 1.12 bits per heavy atom. The quantitative estimate of drug-likeness (QED) is 0.688. The van der Waals surface area contributed by atoms with Crippen LogP contribution in [0.15, 0.2) is 42.5 Å². The molecule has 0 fully saturated rings. The van der Waals surface area contributed by atoms with E-state index >= 15 is 0 Å². The molecule has 0 saturated heterocycles. The van der Waals surface area contributed by atoms with Crippen molar-refractivity contribution in [1.82, 2.24) is 0 Å². The Kier molecular flexibility index (Phi) is 4.70. The van der Waals surface area contributed by atoms with Gasteiger partial charge in [0.15, 0.2) is 28.8 Å². The van der Waals surface area contributed by atoms with E-state index in [2.05, 4.69) is 0 Å². The Balaban J connectivity index is 1.77. The van der Waals surface area contributed by atoms with Crippen LogP contribution in [0.1, 0.15) is 22.3 Å². The average molecular weight is 326 g/mol. The minimum atomic E-state index is -0.152. The van der Waals surface area contributed by atoms with Gasteiger partial charge < -0.3 is 19.3 Å². The maximum atomic E-state index is 12.3. The number of carbonyl (C=O) groups is 1. The van der Waals surface area contributed by atoms with Crippen LogP contribution >= 0.6 is 0 Å². The van der Waals surface area contributed by atoms with E-state index in [0.29, 0.717) is 41.6 Å². The van der Waals surface area contributed by atoms with Crippen molar-refractivity contribution in [3.8, 4) is 23.0 Å². The minimum absolute atomic E-state index is 0.0303. The van der Waals surface area contributed by atoms with E-state index in [1.807, 2.05) is 0 Å². The van der Waals surface area contributed by atoms with Gasteiger partial charge in [-0.05, 0) is 42.0 Å². The fourth-order valence-electron chi connectivity index (χ4n) is 2.40. The predicted octanol–water partition coefficient (Wildman–Crippen LogP) is 3.46. The molecule has 0 aromatic heterocycles. The van der Waals surface area contributed by atoms with Crippen LogP contribution in [0.2, 0.25) is 0 Å². The number of benzene rings is 2. The van der Waals surface area contributed by atoms with Crippen molar-refractivity contribution in [3.63, 3.8) is 0 Å². The van der Waals surface area contributed by atoms with Crippen molar-refractivity contribution in [2.75, 3.05) is 20.3 Å². The van der Waals surface area contributed by atoms with Crippen molar-refractivity contribution >= 4 is 11.9 Å². The van der Waals surface area contributed by atoms with E-state index in [4.69, 9.17) is 14.2 Å². The van der Waals surface area contributed by atoms with Crippen LogP contribution in [0.25, 0.3) is 6.08 Å². The smallest absolute Gasteiger partial charge is 0.185 e. The topological polar surface area (TPSA) is 65.0 Å². The largest absolute Gasteiger partial charge is 0.504 e. The summed E-state index contributed by atoms with van der Waals surface area (Å²) < 4.78 is 16.1. The van der Waals surface area contributed by atoms with Crippen molar-refractivity contribution in [1.29, 1.82) is 0 Å². The molecule has 1 aliphatic rings. The van der Waals surface area contributed by atoms with Gasteiger partial charge in [0.05, 0.1) is 20.3 Å². The van der Waals surface area contributed by atoms with Gasteiger partial charge in [-0.25, -0.2) is 0 Å². The summed E-state index contributed by atoms with van der Waals surface area (Å²) in [4.78, 5) is 12.3. The summed E-state index contributed by atoms with van der Waals surface area (Å²) in [5.74, 6) is 1.52. The second-order valence-electron chi connectivity index (χ2n) is 5.34. The molecular weight excluding hydrogens is 308 g/mol. The zero-order chi connectivity index (χ0) is 16.9. The molecule has 0 bridgehead atoms. The highest BCUT2D eigenvalue weighted by molar-refractivity contribution is 6.07. The maximum absolute atomic E-state index is 12.3. The van der Waals surface area contributed by atoms with Gasteiger partial charge in [0.2, 0.25) is 0 Å². The predicted molar refractivity (Wildman–Crippen MR) is 90.1 cm³/mol. The van der Waals surface area contributed by atoms with E-state index in [1.165, 1.54) is 19.3 Å². The third kappa shape index (κ3) is 3.51. The average Bonchev–Trinajstić information content (AvgIpc) is 2.84. The molecule has 0 unspecified atom stereocenters. The molecule has 0 amide bonds. The Morgan fingerprint density at radius 3 is 2.67 bits per heavy atom. The summed E-state index contributed by atoms with van der Waals surface area (Å²) in [5.41, 5.74) is 1.23. The van der Waals surface area contributed by atoms with E-state index in [9.17, 15) is 9.90 Å². The van der Waals surface area contributed by atoms with Crippen LogP contribution in [0.5, 0.6) is 23.0 Å². The number of hydrogen-bond donors (Lipinski definition) is 1. The number of ether oxygens (including phenoxy) is 3. The first-order valence-corrected chi connectivity index (χ1v) is 7.66. The molecule has 1 heterocycles. The van der Waals surface area contributed by atoms with Gasteiger partial charge >= 0.3 is 0 Å². The van der Waals surface area contributed by atoms with Gasteiger partial charge in [-0.3, -0.25) is 4.79 Å². The van der Waals surface area contributed by atoms with Crippen LogP contribution < -0.4 is 14.2 Å². The van der Waals surface area contributed by atoms with E-state index in [-0.39, 0.29) is 11.5 Å². The highest BCUT2D eigenvalue weighted by atomic mass is 16.5. The number of ketones is 1. The fraction of sp³-hybridized carbons (Fsp3) is 0.211. The first kappa shape index (κ1) is 15.9. The molecule has 0 atom stereocenters. The molecule has 5 nitrogen and oxygen atoms in total. The van der Waals surface area contributed by atoms with Gasteiger partial charge in [0.25, 0.3) is 0 Å². The number of allylic oxidation sites excluding steroid dienone is 1. The molecule has 2 aromatic carbocycles. The number of phenolic OH excluding ortho intramolecular Hbond substituents is 1. The summed E-state index contributed by atoms with van der Waals surface area (Å²) >= 11 is 0. The standard InChI is InChI=1S/C19H18O5/c1-22-17-7-4-13(11-16(17)21)3-6-15(20)14-5-8-18-19(12-14)24-10-2-9-23-18/h3-8,11-12,21H,2,9-10H2,1H3. The monoisotopic (exact) mass is 326 g/mol. The van der Waals surface area contributed by atoms with Crippen LogP contribution in [-0.4, -0.2) is 31.2 Å². The molecule has 0 saturated carbocycles. The Morgan fingerprint density at radius 2 is 1.92 bits per heavy atom. The molecular formula is C19H18O5. The lowest BCUT2D eigenvalue weighted by molar-refractivity contribution is 0.104. The Bertz CT molecular complexity index is 779. The van der Waals surface area contributed by atoms with Crippen LogP contribution in [0, 0.1) is 0 Å². The Labute approximate surface area is 140 Å². The first-order chi connectivity index (χ1) is 11.7. The fourth-order valence-corrected chi connectivity index (χ4v) is 2.40. The van der Waals surface area contributed by atoms with Crippen molar-refractivity contribution in [2.45, 2.75) is 6.42 Å².